The normalized spacial score (nSPS) is 10.9. The van der Waals surface area contributed by atoms with Crippen LogP contribution < -0.4 is 10.6 Å². The summed E-state index contributed by atoms with van der Waals surface area (Å²) >= 11 is 4.52. The SMILES string of the molecule is CC(=O)Nc1cccc(Nc2nnc(Sc3ncnc4scc(-c5ccccc5)c34)s2)c1. The Morgan fingerprint density at radius 2 is 1.84 bits per heavy atom. The number of rotatable bonds is 6. The van der Waals surface area contributed by atoms with E-state index in [1.165, 1.54) is 30.0 Å². The van der Waals surface area contributed by atoms with Crippen molar-refractivity contribution in [2.45, 2.75) is 16.3 Å². The first-order valence-electron chi connectivity index (χ1n) is 9.59. The van der Waals surface area contributed by atoms with Gasteiger partial charge in [0.25, 0.3) is 0 Å². The molecule has 0 unspecified atom stereocenters. The standard InChI is InChI=1S/C22H16N6OS3/c1-13(29)25-15-8-5-9-16(10-15)26-21-27-28-22(32-21)31-20-18-17(14-6-3-2-4-7-14)11-30-19(18)23-12-24-20/h2-12H,1H3,(H,25,29)(H,26,27). The second-order valence-corrected chi connectivity index (χ2v) is 9.81. The molecule has 0 aliphatic rings. The highest BCUT2D eigenvalue weighted by Gasteiger charge is 2.16. The Morgan fingerprint density at radius 1 is 1.00 bits per heavy atom. The van der Waals surface area contributed by atoms with Crippen LogP contribution in [0.1, 0.15) is 6.92 Å². The number of nitrogens with one attached hydrogen (secondary N) is 2. The van der Waals surface area contributed by atoms with Gasteiger partial charge in [-0.05, 0) is 35.5 Å². The van der Waals surface area contributed by atoms with Gasteiger partial charge in [-0.25, -0.2) is 9.97 Å². The van der Waals surface area contributed by atoms with Crippen molar-refractivity contribution in [3.05, 3.63) is 66.3 Å². The minimum Gasteiger partial charge on any atom is -0.330 e. The van der Waals surface area contributed by atoms with Crippen molar-refractivity contribution in [2.24, 2.45) is 0 Å². The van der Waals surface area contributed by atoms with Gasteiger partial charge in [-0.15, -0.1) is 21.5 Å². The second-order valence-electron chi connectivity index (χ2n) is 6.74. The summed E-state index contributed by atoms with van der Waals surface area (Å²) < 4.78 is 0.774. The Morgan fingerprint density at radius 3 is 2.69 bits per heavy atom. The van der Waals surface area contributed by atoms with E-state index in [0.29, 0.717) is 5.13 Å². The van der Waals surface area contributed by atoms with Crippen LogP contribution in [0.25, 0.3) is 21.3 Å². The first-order valence-corrected chi connectivity index (χ1v) is 12.1. The molecule has 0 aliphatic heterocycles. The number of amides is 1. The molecular weight excluding hydrogens is 460 g/mol. The van der Waals surface area contributed by atoms with Crippen molar-refractivity contribution in [3.63, 3.8) is 0 Å². The monoisotopic (exact) mass is 476 g/mol. The van der Waals surface area contributed by atoms with Crippen LogP contribution in [0.3, 0.4) is 0 Å². The average molecular weight is 477 g/mol. The number of aromatic nitrogens is 4. The van der Waals surface area contributed by atoms with Gasteiger partial charge in [-0.1, -0.05) is 47.7 Å². The van der Waals surface area contributed by atoms with E-state index in [-0.39, 0.29) is 5.91 Å². The summed E-state index contributed by atoms with van der Waals surface area (Å²) in [5.41, 5.74) is 3.79. The highest BCUT2D eigenvalue weighted by atomic mass is 32.2. The molecule has 158 valence electrons. The summed E-state index contributed by atoms with van der Waals surface area (Å²) in [7, 11) is 0. The molecule has 10 heteroatoms. The third kappa shape index (κ3) is 4.47. The van der Waals surface area contributed by atoms with Crippen molar-refractivity contribution in [2.75, 3.05) is 10.6 Å². The molecule has 0 fully saturated rings. The molecule has 0 aliphatic carbocycles. The minimum atomic E-state index is -0.115. The predicted octanol–water partition coefficient (Wildman–Crippen LogP) is 6.06. The fraction of sp³-hybridized carbons (Fsp3) is 0.0455. The summed E-state index contributed by atoms with van der Waals surface area (Å²) in [5, 5.41) is 19.2. The molecule has 0 saturated carbocycles. The number of benzene rings is 2. The lowest BCUT2D eigenvalue weighted by atomic mass is 10.1. The molecule has 32 heavy (non-hydrogen) atoms. The maximum absolute atomic E-state index is 11.3. The zero-order valence-electron chi connectivity index (χ0n) is 16.8. The molecule has 0 radical (unpaired) electrons. The Hall–Kier alpha value is -3.34. The van der Waals surface area contributed by atoms with Gasteiger partial charge in [0.2, 0.25) is 11.0 Å². The fourth-order valence-electron chi connectivity index (χ4n) is 3.14. The number of thiophene rings is 1. The summed E-state index contributed by atoms with van der Waals surface area (Å²) in [6.07, 6.45) is 1.59. The molecule has 2 N–H and O–H groups in total. The maximum atomic E-state index is 11.3. The molecule has 3 aromatic heterocycles. The molecule has 0 spiro atoms. The van der Waals surface area contributed by atoms with Crippen molar-refractivity contribution in [1.29, 1.82) is 0 Å². The Labute approximate surface area is 196 Å². The summed E-state index contributed by atoms with van der Waals surface area (Å²) in [6, 6.07) is 17.7. The van der Waals surface area contributed by atoms with E-state index in [9.17, 15) is 4.79 Å². The Kier molecular flexibility index (Phi) is 5.80. The van der Waals surface area contributed by atoms with Gasteiger partial charge in [-0.2, -0.15) is 0 Å². The lowest BCUT2D eigenvalue weighted by molar-refractivity contribution is -0.114. The molecular formula is C22H16N6OS3. The van der Waals surface area contributed by atoms with Crippen LogP contribution in [0.4, 0.5) is 16.5 Å². The van der Waals surface area contributed by atoms with Crippen LogP contribution in [0.5, 0.6) is 0 Å². The van der Waals surface area contributed by atoms with Crippen molar-refractivity contribution in [1.82, 2.24) is 20.2 Å². The summed E-state index contributed by atoms with van der Waals surface area (Å²) in [6.45, 7) is 1.48. The highest BCUT2D eigenvalue weighted by molar-refractivity contribution is 8.01. The molecule has 0 atom stereocenters. The van der Waals surface area contributed by atoms with E-state index in [1.807, 2.05) is 42.5 Å². The molecule has 3 heterocycles. The van der Waals surface area contributed by atoms with Crippen LogP contribution >= 0.6 is 34.4 Å². The number of carbonyl (C=O) groups is 1. The van der Waals surface area contributed by atoms with Crippen LogP contribution in [0.2, 0.25) is 0 Å². The zero-order chi connectivity index (χ0) is 21.9. The van der Waals surface area contributed by atoms with Crippen LogP contribution in [-0.4, -0.2) is 26.1 Å². The number of fused-ring (bicyclic) bond motifs is 1. The molecule has 7 nitrogen and oxygen atoms in total. The fourth-order valence-corrected chi connectivity index (χ4v) is 5.91. The van der Waals surface area contributed by atoms with Crippen LogP contribution in [-0.2, 0) is 4.79 Å². The largest absolute Gasteiger partial charge is 0.330 e. The van der Waals surface area contributed by atoms with E-state index in [2.05, 4.69) is 48.3 Å². The second kappa shape index (κ2) is 9.03. The van der Waals surface area contributed by atoms with Gasteiger partial charge in [-0.3, -0.25) is 4.79 Å². The van der Waals surface area contributed by atoms with E-state index in [1.54, 1.807) is 17.7 Å². The van der Waals surface area contributed by atoms with Gasteiger partial charge in [0.15, 0.2) is 4.34 Å². The van der Waals surface area contributed by atoms with Crippen molar-refractivity contribution >= 4 is 67.1 Å². The third-order valence-corrected chi connectivity index (χ3v) is 7.22. The summed E-state index contributed by atoms with van der Waals surface area (Å²) in [5.74, 6) is -0.115. The number of hydrogen-bond acceptors (Lipinski definition) is 9. The van der Waals surface area contributed by atoms with Gasteiger partial charge >= 0.3 is 0 Å². The van der Waals surface area contributed by atoms with Gasteiger partial charge in [0.05, 0.1) is 5.39 Å². The van der Waals surface area contributed by atoms with E-state index >= 15 is 0 Å². The molecule has 1 amide bonds. The predicted molar refractivity (Wildman–Crippen MR) is 131 cm³/mol. The minimum absolute atomic E-state index is 0.115. The first kappa shape index (κ1) is 20.6. The quantitative estimate of drug-likeness (QED) is 0.288. The Balaban J connectivity index is 1.39. The molecule has 0 bridgehead atoms. The van der Waals surface area contributed by atoms with Gasteiger partial charge < -0.3 is 10.6 Å². The van der Waals surface area contributed by atoms with Crippen LogP contribution in [0, 0.1) is 0 Å². The lowest BCUT2D eigenvalue weighted by Gasteiger charge is -2.05. The maximum Gasteiger partial charge on any atom is 0.221 e. The molecule has 5 aromatic rings. The van der Waals surface area contributed by atoms with Gasteiger partial charge in [0.1, 0.15) is 16.2 Å². The number of nitrogens with zero attached hydrogens (tertiary/aromatic N) is 4. The third-order valence-electron chi connectivity index (χ3n) is 4.44. The number of carbonyl (C=O) groups excluding carboxylic acids is 1. The smallest absolute Gasteiger partial charge is 0.221 e. The Bertz CT molecular complexity index is 1400. The molecule has 0 saturated heterocycles. The topological polar surface area (TPSA) is 92.7 Å². The van der Waals surface area contributed by atoms with E-state index in [0.717, 1.165) is 42.1 Å². The zero-order valence-corrected chi connectivity index (χ0v) is 19.2. The van der Waals surface area contributed by atoms with Gasteiger partial charge in [0, 0.05) is 29.2 Å². The number of anilines is 3. The lowest BCUT2D eigenvalue weighted by Crippen LogP contribution is -2.05. The van der Waals surface area contributed by atoms with Crippen molar-refractivity contribution in [3.8, 4) is 11.1 Å². The average Bonchev–Trinajstić information content (AvgIpc) is 3.42. The summed E-state index contributed by atoms with van der Waals surface area (Å²) in [4.78, 5) is 21.2. The van der Waals surface area contributed by atoms with E-state index < -0.39 is 0 Å². The molecule has 2 aromatic carbocycles. The first-order chi connectivity index (χ1) is 15.7. The number of hydrogen-bond donors (Lipinski definition) is 2. The molecule has 5 rings (SSSR count). The highest BCUT2D eigenvalue weighted by Crippen LogP contribution is 2.41. The van der Waals surface area contributed by atoms with Crippen LogP contribution in [0.15, 0.2) is 75.7 Å². The van der Waals surface area contributed by atoms with Crippen molar-refractivity contribution < 1.29 is 4.79 Å². The van der Waals surface area contributed by atoms with E-state index in [4.69, 9.17) is 0 Å².